The molecule has 7 nitrogen and oxygen atoms in total. The van der Waals surface area contributed by atoms with Gasteiger partial charge in [-0.15, -0.1) is 0 Å². The molecule has 11 heteroatoms. The van der Waals surface area contributed by atoms with Gasteiger partial charge >= 0.3 is 12.1 Å². The number of carbonyl (C=O) groups is 1. The summed E-state index contributed by atoms with van der Waals surface area (Å²) in [6, 6.07) is 2.05. The van der Waals surface area contributed by atoms with E-state index in [0.717, 1.165) is 0 Å². The highest BCUT2D eigenvalue weighted by Crippen LogP contribution is 2.47. The van der Waals surface area contributed by atoms with Crippen LogP contribution in [0.3, 0.4) is 0 Å². The number of aliphatic hydroxyl groups excluding tert-OH is 1. The summed E-state index contributed by atoms with van der Waals surface area (Å²) in [6.45, 7) is 11.5. The molecular formula is C19H37F3N3O4P. The van der Waals surface area contributed by atoms with Crippen LogP contribution < -0.4 is 5.32 Å². The first kappa shape index (κ1) is 31.2. The zero-order valence-corrected chi connectivity index (χ0v) is 19.7. The quantitative estimate of drug-likeness (QED) is 0.293. The first-order valence-corrected chi connectivity index (χ1v) is 11.4. The molecule has 0 fully saturated rings. The summed E-state index contributed by atoms with van der Waals surface area (Å²) in [4.78, 5) is 11.1. The van der Waals surface area contributed by atoms with Gasteiger partial charge in [-0.3, -0.25) is 4.79 Å². The van der Waals surface area contributed by atoms with Crippen molar-refractivity contribution < 1.29 is 32.1 Å². The number of hydrogen-bond acceptors (Lipinski definition) is 6. The molecule has 0 aromatic carbocycles. The number of halogens is 3. The minimum atomic E-state index is -4.97. The summed E-state index contributed by atoms with van der Waals surface area (Å²) < 4.78 is 51.1. The predicted molar refractivity (Wildman–Crippen MR) is 111 cm³/mol. The van der Waals surface area contributed by atoms with Crippen LogP contribution in [0.4, 0.5) is 13.2 Å². The molecule has 0 aliphatic heterocycles. The molecule has 0 saturated heterocycles. The van der Waals surface area contributed by atoms with Crippen LogP contribution in [-0.2, 0) is 13.8 Å². The zero-order valence-electron chi connectivity index (χ0n) is 18.8. The molecule has 0 aliphatic rings. The Morgan fingerprint density at radius 3 is 2.20 bits per heavy atom. The third-order valence-electron chi connectivity index (χ3n) is 3.58. The lowest BCUT2D eigenvalue weighted by molar-refractivity contribution is -0.173. The van der Waals surface area contributed by atoms with E-state index >= 15 is 0 Å². The maximum Gasteiger partial charge on any atom is 0.471 e. The second kappa shape index (κ2) is 17.7. The van der Waals surface area contributed by atoms with Crippen LogP contribution in [0.5, 0.6) is 0 Å². The summed E-state index contributed by atoms with van der Waals surface area (Å²) in [5, 5.41) is 19.5. The Labute approximate surface area is 179 Å². The highest BCUT2D eigenvalue weighted by Gasteiger charge is 2.39. The van der Waals surface area contributed by atoms with Crippen LogP contribution >= 0.6 is 8.53 Å². The van der Waals surface area contributed by atoms with Crippen LogP contribution in [0.15, 0.2) is 0 Å². The Hall–Kier alpha value is -0.980. The number of amides is 1. The van der Waals surface area contributed by atoms with E-state index in [0.29, 0.717) is 19.3 Å². The van der Waals surface area contributed by atoms with Gasteiger partial charge in [-0.25, -0.2) is 4.67 Å². The SMILES string of the molecule is CC.CC(C)N(C(C)C)P(OCCC#N)OC(CCCCO)CNC(=O)C(F)(F)F. The van der Waals surface area contributed by atoms with Gasteiger partial charge in [0.1, 0.15) is 0 Å². The normalized spacial score (nSPS) is 13.6. The molecule has 0 rings (SSSR count). The zero-order chi connectivity index (χ0) is 23.7. The summed E-state index contributed by atoms with van der Waals surface area (Å²) in [6.07, 6.45) is -4.18. The van der Waals surface area contributed by atoms with Gasteiger partial charge < -0.3 is 19.5 Å². The second-order valence-electron chi connectivity index (χ2n) is 6.70. The van der Waals surface area contributed by atoms with Crippen molar-refractivity contribution in [3.8, 4) is 6.07 Å². The van der Waals surface area contributed by atoms with Gasteiger partial charge in [0, 0.05) is 25.2 Å². The van der Waals surface area contributed by atoms with Crippen molar-refractivity contribution in [1.29, 1.82) is 5.26 Å². The number of unbranched alkanes of at least 4 members (excludes halogenated alkanes) is 1. The number of carbonyl (C=O) groups excluding carboxylic acids is 1. The average Bonchev–Trinajstić information content (AvgIpc) is 2.66. The Bertz CT molecular complexity index is 481. The molecule has 0 saturated carbocycles. The van der Waals surface area contributed by atoms with Gasteiger partial charge in [0.25, 0.3) is 8.53 Å². The summed E-state index contributed by atoms with van der Waals surface area (Å²) in [5.41, 5.74) is 0. The van der Waals surface area contributed by atoms with E-state index in [1.165, 1.54) is 0 Å². The summed E-state index contributed by atoms with van der Waals surface area (Å²) >= 11 is 0. The van der Waals surface area contributed by atoms with E-state index in [-0.39, 0.29) is 38.3 Å². The molecule has 0 aromatic rings. The largest absolute Gasteiger partial charge is 0.471 e. The van der Waals surface area contributed by atoms with Gasteiger partial charge in [-0.1, -0.05) is 13.8 Å². The number of nitriles is 1. The molecule has 2 atom stereocenters. The third kappa shape index (κ3) is 14.1. The number of hydrogen-bond donors (Lipinski definition) is 2. The lowest BCUT2D eigenvalue weighted by Crippen LogP contribution is -2.42. The maximum atomic E-state index is 12.5. The number of nitrogens with one attached hydrogen (secondary N) is 1. The minimum Gasteiger partial charge on any atom is -0.396 e. The molecule has 0 heterocycles. The van der Waals surface area contributed by atoms with Crippen LogP contribution in [0.25, 0.3) is 0 Å². The molecular weight excluding hydrogens is 422 g/mol. The summed E-state index contributed by atoms with van der Waals surface area (Å²) in [5.74, 6) is -2.03. The standard InChI is InChI=1S/C17H31F3N3O4P.C2H6/c1-13(2)23(14(3)4)28(26-11-7-9-21)27-15(8-5-6-10-24)12-22-16(25)17(18,19)20;1-2/h13-15,24H,5-8,10-12H2,1-4H3,(H,22,25);1-2H3. The van der Waals surface area contributed by atoms with Crippen molar-refractivity contribution in [2.45, 2.75) is 91.6 Å². The van der Waals surface area contributed by atoms with Gasteiger partial charge in [-0.2, -0.15) is 18.4 Å². The first-order chi connectivity index (χ1) is 14.0. The van der Waals surface area contributed by atoms with Crippen LogP contribution in [0, 0.1) is 11.3 Å². The molecule has 0 radical (unpaired) electrons. The lowest BCUT2D eigenvalue weighted by atomic mass is 10.1. The maximum absolute atomic E-state index is 12.5. The topological polar surface area (TPSA) is 94.8 Å². The van der Waals surface area contributed by atoms with E-state index < -0.39 is 26.7 Å². The van der Waals surface area contributed by atoms with Crippen LogP contribution in [0.2, 0.25) is 0 Å². The highest BCUT2D eigenvalue weighted by atomic mass is 31.2. The number of nitrogens with zero attached hydrogens (tertiary/aromatic N) is 2. The van der Waals surface area contributed by atoms with Crippen molar-refractivity contribution in [2.75, 3.05) is 19.8 Å². The predicted octanol–water partition coefficient (Wildman–Crippen LogP) is 4.51. The average molecular weight is 459 g/mol. The fourth-order valence-corrected chi connectivity index (χ4v) is 4.14. The molecule has 2 unspecified atom stereocenters. The van der Waals surface area contributed by atoms with Crippen molar-refractivity contribution in [3.05, 3.63) is 0 Å². The van der Waals surface area contributed by atoms with Gasteiger partial charge in [0.15, 0.2) is 0 Å². The number of aliphatic hydroxyl groups is 1. The van der Waals surface area contributed by atoms with Crippen LogP contribution in [0.1, 0.15) is 67.2 Å². The Kier molecular flexibility index (Phi) is 18.4. The second-order valence-corrected chi connectivity index (χ2v) is 8.11. The minimum absolute atomic E-state index is 0.0380. The van der Waals surface area contributed by atoms with Crippen molar-refractivity contribution in [3.63, 3.8) is 0 Å². The van der Waals surface area contributed by atoms with Gasteiger partial charge in [0.2, 0.25) is 0 Å². The van der Waals surface area contributed by atoms with E-state index in [1.807, 2.05) is 57.6 Å². The fourth-order valence-electron chi connectivity index (χ4n) is 2.40. The number of rotatable bonds is 14. The first-order valence-electron chi connectivity index (χ1n) is 10.2. The van der Waals surface area contributed by atoms with Crippen LogP contribution in [-0.4, -0.2) is 59.8 Å². The molecule has 1 amide bonds. The van der Waals surface area contributed by atoms with E-state index in [4.69, 9.17) is 19.4 Å². The highest BCUT2D eigenvalue weighted by molar-refractivity contribution is 7.44. The van der Waals surface area contributed by atoms with Gasteiger partial charge in [-0.05, 0) is 47.0 Å². The van der Waals surface area contributed by atoms with Crippen molar-refractivity contribution in [2.24, 2.45) is 0 Å². The van der Waals surface area contributed by atoms with Gasteiger partial charge in [0.05, 0.1) is 25.2 Å². The molecule has 178 valence electrons. The Morgan fingerprint density at radius 2 is 1.77 bits per heavy atom. The van der Waals surface area contributed by atoms with E-state index in [1.54, 1.807) is 0 Å². The summed E-state index contributed by atoms with van der Waals surface area (Å²) in [7, 11) is -1.65. The smallest absolute Gasteiger partial charge is 0.396 e. The van der Waals surface area contributed by atoms with E-state index in [9.17, 15) is 18.0 Å². The third-order valence-corrected chi connectivity index (χ3v) is 5.77. The monoisotopic (exact) mass is 459 g/mol. The van der Waals surface area contributed by atoms with E-state index in [2.05, 4.69) is 0 Å². The Balaban J connectivity index is 0. The molecule has 0 aliphatic carbocycles. The molecule has 2 N–H and O–H groups in total. The molecule has 0 bridgehead atoms. The van der Waals surface area contributed by atoms with Crippen molar-refractivity contribution >= 4 is 14.4 Å². The van der Waals surface area contributed by atoms with Crippen molar-refractivity contribution in [1.82, 2.24) is 9.99 Å². The molecule has 30 heavy (non-hydrogen) atoms. The number of alkyl halides is 3. The molecule has 0 spiro atoms. The molecule has 0 aromatic heterocycles. The Morgan fingerprint density at radius 1 is 1.20 bits per heavy atom. The lowest BCUT2D eigenvalue weighted by Gasteiger charge is -2.37. The fraction of sp³-hybridized carbons (Fsp3) is 0.895.